The summed E-state index contributed by atoms with van der Waals surface area (Å²) in [7, 11) is -2.95. The second-order valence-electron chi connectivity index (χ2n) is 7.97. The topological polar surface area (TPSA) is 54.4 Å². The summed E-state index contributed by atoms with van der Waals surface area (Å²) in [5.74, 6) is 0. The molecule has 0 saturated carbocycles. The van der Waals surface area contributed by atoms with Gasteiger partial charge in [0, 0.05) is 0 Å². The number of sulfone groups is 1. The first kappa shape index (κ1) is 19.2. The molecule has 3 nitrogen and oxygen atoms in total. The Bertz CT molecular complexity index is 424. The van der Waals surface area contributed by atoms with Gasteiger partial charge in [-0.15, -0.1) is 0 Å². The summed E-state index contributed by atoms with van der Waals surface area (Å²) in [6.45, 7) is 2.25. The van der Waals surface area contributed by atoms with E-state index in [1.807, 2.05) is 0 Å². The summed E-state index contributed by atoms with van der Waals surface area (Å²) in [5, 5.41) is 10.3. The van der Waals surface area contributed by atoms with Crippen molar-refractivity contribution < 1.29 is 13.5 Å². The van der Waals surface area contributed by atoms with Crippen LogP contribution in [0.5, 0.6) is 0 Å². The summed E-state index contributed by atoms with van der Waals surface area (Å²) in [6, 6.07) is 0. The zero-order valence-corrected chi connectivity index (χ0v) is 15.7. The Morgan fingerprint density at radius 1 is 0.870 bits per heavy atom. The Morgan fingerprint density at radius 3 is 1.87 bits per heavy atom. The van der Waals surface area contributed by atoms with E-state index in [4.69, 9.17) is 0 Å². The van der Waals surface area contributed by atoms with Crippen molar-refractivity contribution in [2.75, 3.05) is 0 Å². The van der Waals surface area contributed by atoms with E-state index in [1.165, 1.54) is 51.4 Å². The number of rotatable bonds is 10. The van der Waals surface area contributed by atoms with Crippen molar-refractivity contribution in [3.8, 4) is 0 Å². The number of fused-ring (bicyclic) bond motifs is 2. The molecule has 0 aromatic rings. The summed E-state index contributed by atoms with van der Waals surface area (Å²) in [6.07, 6.45) is 15.8. The molecule has 2 rings (SSSR count). The van der Waals surface area contributed by atoms with Gasteiger partial charge in [-0.05, 0) is 32.1 Å². The van der Waals surface area contributed by atoms with Crippen LogP contribution in [0.3, 0.4) is 0 Å². The summed E-state index contributed by atoms with van der Waals surface area (Å²) >= 11 is 0. The molecular formula is C19H36O3S. The van der Waals surface area contributed by atoms with Crippen LogP contribution in [-0.4, -0.2) is 29.6 Å². The zero-order chi connectivity index (χ0) is 16.8. The van der Waals surface area contributed by atoms with Crippen LogP contribution < -0.4 is 0 Å². The molecule has 2 saturated heterocycles. The molecule has 4 heteroatoms. The fraction of sp³-hybridized carbons (Fsp3) is 1.00. The first-order valence-electron chi connectivity index (χ1n) is 9.93. The van der Waals surface area contributed by atoms with Gasteiger partial charge in [-0.1, -0.05) is 71.1 Å². The van der Waals surface area contributed by atoms with Gasteiger partial charge in [-0.3, -0.25) is 0 Å². The second-order valence-corrected chi connectivity index (χ2v) is 10.5. The van der Waals surface area contributed by atoms with Gasteiger partial charge in [-0.25, -0.2) is 8.42 Å². The number of hydrogen-bond donors (Lipinski definition) is 1. The average Bonchev–Trinajstić information content (AvgIpc) is 2.48. The molecule has 2 unspecified atom stereocenters. The van der Waals surface area contributed by atoms with Crippen LogP contribution in [-0.2, 0) is 9.84 Å². The summed E-state index contributed by atoms with van der Waals surface area (Å²) < 4.78 is 24.6. The molecule has 0 aromatic carbocycles. The molecule has 2 bridgehead atoms. The van der Waals surface area contributed by atoms with Gasteiger partial charge in [-0.2, -0.15) is 0 Å². The van der Waals surface area contributed by atoms with Crippen LogP contribution in [0.15, 0.2) is 0 Å². The lowest BCUT2D eigenvalue weighted by Crippen LogP contribution is -2.51. The van der Waals surface area contributed by atoms with E-state index in [0.29, 0.717) is 12.8 Å². The zero-order valence-electron chi connectivity index (χ0n) is 14.9. The fourth-order valence-electron chi connectivity index (χ4n) is 4.51. The van der Waals surface area contributed by atoms with Crippen LogP contribution in [0.2, 0.25) is 0 Å². The van der Waals surface area contributed by atoms with Crippen molar-refractivity contribution in [1.82, 2.24) is 0 Å². The minimum absolute atomic E-state index is 0.265. The largest absolute Gasteiger partial charge is 0.390 e. The van der Waals surface area contributed by atoms with E-state index in [2.05, 4.69) is 6.92 Å². The highest BCUT2D eigenvalue weighted by Gasteiger charge is 2.49. The van der Waals surface area contributed by atoms with Crippen molar-refractivity contribution >= 4 is 9.84 Å². The highest BCUT2D eigenvalue weighted by molar-refractivity contribution is 7.92. The molecule has 2 heterocycles. The third-order valence-corrected chi connectivity index (χ3v) is 8.61. The predicted octanol–water partition coefficient (Wildman–Crippen LogP) is 4.77. The van der Waals surface area contributed by atoms with Crippen LogP contribution in [0.25, 0.3) is 0 Å². The quantitative estimate of drug-likeness (QED) is 0.581. The van der Waals surface area contributed by atoms with Gasteiger partial charge in [0.2, 0.25) is 0 Å². The van der Waals surface area contributed by atoms with Crippen LogP contribution in [0.1, 0.15) is 103 Å². The molecule has 0 aliphatic carbocycles. The van der Waals surface area contributed by atoms with Gasteiger partial charge < -0.3 is 5.11 Å². The molecule has 0 spiro atoms. The maximum Gasteiger partial charge on any atom is 0.156 e. The third kappa shape index (κ3) is 5.45. The molecule has 23 heavy (non-hydrogen) atoms. The Labute approximate surface area is 143 Å². The molecule has 0 radical (unpaired) electrons. The SMILES string of the molecule is CCCCCCCCCCCC1(O)CC2CCCC(C1)S2(=O)=O. The Morgan fingerprint density at radius 2 is 1.35 bits per heavy atom. The highest BCUT2D eigenvalue weighted by Crippen LogP contribution is 2.43. The highest BCUT2D eigenvalue weighted by atomic mass is 32.2. The van der Waals surface area contributed by atoms with Gasteiger partial charge in [0.1, 0.15) is 0 Å². The lowest BCUT2D eigenvalue weighted by molar-refractivity contribution is -0.000551. The monoisotopic (exact) mass is 344 g/mol. The van der Waals surface area contributed by atoms with E-state index >= 15 is 0 Å². The van der Waals surface area contributed by atoms with E-state index in [0.717, 1.165) is 32.1 Å². The van der Waals surface area contributed by atoms with Crippen molar-refractivity contribution in [2.45, 2.75) is 119 Å². The molecule has 136 valence electrons. The Hall–Kier alpha value is -0.0900. The van der Waals surface area contributed by atoms with Crippen LogP contribution in [0, 0.1) is 0 Å². The molecule has 2 aliphatic heterocycles. The standard InChI is InChI=1S/C19H36O3S/c1-2-3-4-5-6-7-8-9-10-14-19(20)15-17-12-11-13-18(16-19)23(17,21)22/h17-18,20H,2-16H2,1H3. The fourth-order valence-corrected chi connectivity index (χ4v) is 7.13. The molecule has 2 aliphatic rings. The second kappa shape index (κ2) is 8.84. The molecule has 1 N–H and O–H groups in total. The van der Waals surface area contributed by atoms with Crippen molar-refractivity contribution in [1.29, 1.82) is 0 Å². The van der Waals surface area contributed by atoms with Crippen LogP contribution in [0.4, 0.5) is 0 Å². The normalized spacial score (nSPS) is 32.8. The first-order valence-corrected chi connectivity index (χ1v) is 11.5. The van der Waals surface area contributed by atoms with Crippen LogP contribution >= 0.6 is 0 Å². The van der Waals surface area contributed by atoms with E-state index in [1.54, 1.807) is 0 Å². The number of aliphatic hydroxyl groups is 1. The first-order chi connectivity index (χ1) is 11.0. The van der Waals surface area contributed by atoms with Crippen molar-refractivity contribution in [3.05, 3.63) is 0 Å². The Balaban J connectivity index is 1.62. The number of unbranched alkanes of at least 4 members (excludes halogenated alkanes) is 8. The van der Waals surface area contributed by atoms with Crippen molar-refractivity contribution in [2.24, 2.45) is 0 Å². The van der Waals surface area contributed by atoms with Crippen molar-refractivity contribution in [3.63, 3.8) is 0 Å². The van der Waals surface area contributed by atoms with Gasteiger partial charge in [0.05, 0.1) is 16.1 Å². The van der Waals surface area contributed by atoms with E-state index in [-0.39, 0.29) is 10.5 Å². The van der Waals surface area contributed by atoms with E-state index < -0.39 is 15.4 Å². The molecule has 0 amide bonds. The molecule has 2 atom stereocenters. The minimum atomic E-state index is -2.95. The third-order valence-electron chi connectivity index (χ3n) is 5.94. The maximum atomic E-state index is 12.3. The molecule has 2 fully saturated rings. The maximum absolute atomic E-state index is 12.3. The number of hydrogen-bond acceptors (Lipinski definition) is 3. The average molecular weight is 345 g/mol. The lowest BCUT2D eigenvalue weighted by Gasteiger charge is -2.44. The van der Waals surface area contributed by atoms with E-state index in [9.17, 15) is 13.5 Å². The molecule has 0 aromatic heterocycles. The Kier molecular flexibility index (Phi) is 7.40. The minimum Gasteiger partial charge on any atom is -0.390 e. The summed E-state index contributed by atoms with van der Waals surface area (Å²) in [5.41, 5.74) is -0.706. The summed E-state index contributed by atoms with van der Waals surface area (Å²) in [4.78, 5) is 0. The van der Waals surface area contributed by atoms with Gasteiger partial charge in [0.25, 0.3) is 0 Å². The lowest BCUT2D eigenvalue weighted by atomic mass is 9.82. The predicted molar refractivity (Wildman–Crippen MR) is 96.4 cm³/mol. The molecular weight excluding hydrogens is 308 g/mol. The van der Waals surface area contributed by atoms with Gasteiger partial charge in [0.15, 0.2) is 9.84 Å². The smallest absolute Gasteiger partial charge is 0.156 e. The van der Waals surface area contributed by atoms with Gasteiger partial charge >= 0.3 is 0 Å².